The molecule has 0 spiro atoms. The Labute approximate surface area is 113 Å². The fourth-order valence-electron chi connectivity index (χ4n) is 2.22. The number of nitrogens with one attached hydrogen (secondary N) is 1. The molecule has 1 atom stereocenters. The van der Waals surface area contributed by atoms with E-state index in [1.54, 1.807) is 11.8 Å². The number of nitrogens with zero attached hydrogens (tertiary/aromatic N) is 3. The molecular formula is C12H22N4OS. The number of aromatic nitrogens is 3. The summed E-state index contributed by atoms with van der Waals surface area (Å²) in [7, 11) is 2.06. The molecule has 5 nitrogen and oxygen atoms in total. The van der Waals surface area contributed by atoms with Gasteiger partial charge in [-0.2, -0.15) is 0 Å². The van der Waals surface area contributed by atoms with Crippen molar-refractivity contribution >= 4 is 11.8 Å². The van der Waals surface area contributed by atoms with Gasteiger partial charge in [0.2, 0.25) is 0 Å². The molecule has 0 aromatic carbocycles. The number of hydrogen-bond acceptors (Lipinski definition) is 5. The van der Waals surface area contributed by atoms with Gasteiger partial charge in [-0.25, -0.2) is 0 Å². The number of hydrogen-bond donors (Lipinski definition) is 1. The Kier molecular flexibility index (Phi) is 5.46. The molecule has 0 saturated carbocycles. The van der Waals surface area contributed by atoms with E-state index < -0.39 is 0 Å². The lowest BCUT2D eigenvalue weighted by Gasteiger charge is -2.21. The molecule has 1 aromatic rings. The van der Waals surface area contributed by atoms with Crippen LogP contribution >= 0.6 is 11.8 Å². The van der Waals surface area contributed by atoms with Gasteiger partial charge in [-0.15, -0.1) is 10.2 Å². The van der Waals surface area contributed by atoms with Crippen molar-refractivity contribution in [3.8, 4) is 0 Å². The largest absolute Gasteiger partial charge is 0.381 e. The Morgan fingerprint density at radius 2 is 2.39 bits per heavy atom. The van der Waals surface area contributed by atoms with Gasteiger partial charge in [-0.05, 0) is 26.3 Å². The topological polar surface area (TPSA) is 52.0 Å². The summed E-state index contributed by atoms with van der Waals surface area (Å²) in [5.41, 5.74) is 0. The summed E-state index contributed by atoms with van der Waals surface area (Å²) in [6.07, 6.45) is 2.44. The van der Waals surface area contributed by atoms with E-state index in [1.807, 2.05) is 6.92 Å². The van der Waals surface area contributed by atoms with Crippen molar-refractivity contribution in [2.45, 2.75) is 30.8 Å². The van der Waals surface area contributed by atoms with Gasteiger partial charge in [-0.1, -0.05) is 11.8 Å². The average molecular weight is 270 g/mol. The van der Waals surface area contributed by atoms with E-state index in [2.05, 4.69) is 27.1 Å². The zero-order valence-electron chi connectivity index (χ0n) is 11.2. The van der Waals surface area contributed by atoms with Crippen LogP contribution in [-0.4, -0.2) is 46.8 Å². The van der Waals surface area contributed by atoms with Crippen molar-refractivity contribution in [2.75, 3.05) is 32.1 Å². The molecule has 1 aliphatic heterocycles. The third kappa shape index (κ3) is 3.46. The summed E-state index contributed by atoms with van der Waals surface area (Å²) in [6, 6.07) is 0. The Hall–Kier alpha value is -0.590. The zero-order valence-corrected chi connectivity index (χ0v) is 12.0. The quantitative estimate of drug-likeness (QED) is 0.626. The Balaban J connectivity index is 1.90. The third-order valence-corrected chi connectivity index (χ3v) is 4.18. The fourth-order valence-corrected chi connectivity index (χ4v) is 2.99. The lowest BCUT2D eigenvalue weighted by atomic mass is 9.99. The molecule has 18 heavy (non-hydrogen) atoms. The number of piperidine rings is 1. The van der Waals surface area contributed by atoms with Crippen LogP contribution in [0, 0.1) is 0 Å². The van der Waals surface area contributed by atoms with Crippen LogP contribution in [0.15, 0.2) is 5.16 Å². The maximum Gasteiger partial charge on any atom is 0.191 e. The number of thioether (sulfide) groups is 1. The van der Waals surface area contributed by atoms with Crippen molar-refractivity contribution < 1.29 is 4.74 Å². The van der Waals surface area contributed by atoms with Crippen LogP contribution in [0.25, 0.3) is 0 Å². The summed E-state index contributed by atoms with van der Waals surface area (Å²) in [5.74, 6) is 2.56. The molecule has 1 saturated heterocycles. The lowest BCUT2D eigenvalue weighted by Crippen LogP contribution is -2.29. The Bertz CT molecular complexity index is 363. The molecule has 2 rings (SSSR count). The van der Waals surface area contributed by atoms with Crippen LogP contribution in [0.4, 0.5) is 0 Å². The molecule has 1 N–H and O–H groups in total. The minimum Gasteiger partial charge on any atom is -0.381 e. The molecule has 0 aliphatic carbocycles. The second-order valence-corrected chi connectivity index (χ2v) is 5.55. The van der Waals surface area contributed by atoms with Crippen LogP contribution in [0.3, 0.4) is 0 Å². The molecule has 0 amide bonds. The highest BCUT2D eigenvalue weighted by Gasteiger charge is 2.21. The summed E-state index contributed by atoms with van der Waals surface area (Å²) < 4.78 is 7.46. The molecule has 102 valence electrons. The van der Waals surface area contributed by atoms with Gasteiger partial charge in [-0.3, -0.25) is 0 Å². The summed E-state index contributed by atoms with van der Waals surface area (Å²) >= 11 is 1.72. The van der Waals surface area contributed by atoms with Gasteiger partial charge in [0.25, 0.3) is 0 Å². The van der Waals surface area contributed by atoms with E-state index in [-0.39, 0.29) is 0 Å². The van der Waals surface area contributed by atoms with Crippen LogP contribution in [0.5, 0.6) is 0 Å². The minimum atomic E-state index is 0.512. The van der Waals surface area contributed by atoms with E-state index in [0.29, 0.717) is 5.92 Å². The standard InChI is InChI=1S/C12H22N4OS/c1-3-17-7-8-18-12-15-14-11(16(12)2)10-5-4-6-13-9-10/h10,13H,3-9H2,1-2H3/t10-/m1/s1. The maximum absolute atomic E-state index is 5.33. The van der Waals surface area contributed by atoms with Gasteiger partial charge in [0, 0.05) is 31.9 Å². The molecule has 2 heterocycles. The first-order valence-corrected chi connectivity index (χ1v) is 7.62. The maximum atomic E-state index is 5.33. The van der Waals surface area contributed by atoms with Gasteiger partial charge in [0.15, 0.2) is 5.16 Å². The predicted molar refractivity (Wildman–Crippen MR) is 73.1 cm³/mol. The summed E-state index contributed by atoms with van der Waals surface area (Å²) in [4.78, 5) is 0. The van der Waals surface area contributed by atoms with Gasteiger partial charge < -0.3 is 14.6 Å². The monoisotopic (exact) mass is 270 g/mol. The molecule has 0 bridgehead atoms. The smallest absolute Gasteiger partial charge is 0.191 e. The number of rotatable bonds is 6. The van der Waals surface area contributed by atoms with Crippen LogP contribution in [-0.2, 0) is 11.8 Å². The molecule has 1 aromatic heterocycles. The van der Waals surface area contributed by atoms with Crippen molar-refractivity contribution in [1.82, 2.24) is 20.1 Å². The molecular weight excluding hydrogens is 248 g/mol. The van der Waals surface area contributed by atoms with Gasteiger partial charge in [0.1, 0.15) is 5.82 Å². The zero-order chi connectivity index (χ0) is 12.8. The second kappa shape index (κ2) is 7.11. The SMILES string of the molecule is CCOCCSc1nnc([C@@H]2CCCNC2)n1C. The van der Waals surface area contributed by atoms with Crippen LogP contribution in [0.2, 0.25) is 0 Å². The van der Waals surface area contributed by atoms with E-state index in [4.69, 9.17) is 4.74 Å². The highest BCUT2D eigenvalue weighted by molar-refractivity contribution is 7.99. The van der Waals surface area contributed by atoms with E-state index in [0.717, 1.165) is 43.0 Å². The predicted octanol–water partition coefficient (Wildman–Crippen LogP) is 1.41. The van der Waals surface area contributed by atoms with E-state index in [9.17, 15) is 0 Å². The molecule has 1 fully saturated rings. The molecule has 0 unspecified atom stereocenters. The third-order valence-electron chi connectivity index (χ3n) is 3.19. The second-order valence-electron chi connectivity index (χ2n) is 4.49. The van der Waals surface area contributed by atoms with Crippen LogP contribution in [0.1, 0.15) is 31.5 Å². The first kappa shape index (κ1) is 13.8. The lowest BCUT2D eigenvalue weighted by molar-refractivity contribution is 0.164. The highest BCUT2D eigenvalue weighted by Crippen LogP contribution is 2.24. The Morgan fingerprint density at radius 3 is 3.11 bits per heavy atom. The van der Waals surface area contributed by atoms with E-state index in [1.165, 1.54) is 12.8 Å². The molecule has 1 aliphatic rings. The van der Waals surface area contributed by atoms with Gasteiger partial charge >= 0.3 is 0 Å². The van der Waals surface area contributed by atoms with E-state index >= 15 is 0 Å². The minimum absolute atomic E-state index is 0.512. The highest BCUT2D eigenvalue weighted by atomic mass is 32.2. The van der Waals surface area contributed by atoms with Crippen molar-refractivity contribution in [1.29, 1.82) is 0 Å². The number of ether oxygens (including phenoxy) is 1. The molecule has 6 heteroatoms. The van der Waals surface area contributed by atoms with Gasteiger partial charge in [0.05, 0.1) is 6.61 Å². The molecule has 0 radical (unpaired) electrons. The normalized spacial score (nSPS) is 20.2. The fraction of sp³-hybridized carbons (Fsp3) is 0.833. The average Bonchev–Trinajstić information content (AvgIpc) is 2.77. The first-order valence-electron chi connectivity index (χ1n) is 6.63. The van der Waals surface area contributed by atoms with Crippen molar-refractivity contribution in [3.63, 3.8) is 0 Å². The summed E-state index contributed by atoms with van der Waals surface area (Å²) in [6.45, 7) is 5.72. The summed E-state index contributed by atoms with van der Waals surface area (Å²) in [5, 5.41) is 13.0. The Morgan fingerprint density at radius 1 is 1.50 bits per heavy atom. The van der Waals surface area contributed by atoms with Crippen molar-refractivity contribution in [3.05, 3.63) is 5.82 Å². The van der Waals surface area contributed by atoms with Crippen LogP contribution < -0.4 is 5.32 Å². The first-order chi connectivity index (χ1) is 8.83. The van der Waals surface area contributed by atoms with Crippen molar-refractivity contribution in [2.24, 2.45) is 7.05 Å².